The monoisotopic (exact) mass is 340 g/mol. The lowest BCUT2D eigenvalue weighted by Crippen LogP contribution is -2.58. The molecule has 2 amide bonds. The molecule has 0 bridgehead atoms. The van der Waals surface area contributed by atoms with Gasteiger partial charge in [0.05, 0.1) is 0 Å². The van der Waals surface area contributed by atoms with Gasteiger partial charge in [-0.1, -0.05) is 44.4 Å². The zero-order chi connectivity index (χ0) is 17.9. The number of hydrogen-bond donors (Lipinski definition) is 2. The highest BCUT2D eigenvalue weighted by atomic mass is 16.3. The van der Waals surface area contributed by atoms with Crippen molar-refractivity contribution in [2.24, 2.45) is 5.73 Å². The maximum atomic E-state index is 12.4. The number of para-hydroxylation sites is 1. The van der Waals surface area contributed by atoms with Gasteiger partial charge in [0.25, 0.3) is 0 Å². The number of nitrogens with one attached hydrogen (secondary N) is 1. The van der Waals surface area contributed by atoms with Gasteiger partial charge < -0.3 is 15.5 Å². The van der Waals surface area contributed by atoms with Gasteiger partial charge in [0, 0.05) is 23.4 Å². The summed E-state index contributed by atoms with van der Waals surface area (Å²) in [4.78, 5) is 24.3. The normalized spacial score (nSPS) is 17.0. The SMILES string of the molecule is CCc1oc2ccccc2c1/C=C/C(=O)NC1(C(N)=O)CCCCC1. The standard InChI is InChI=1S/C20H24N2O3/c1-2-16-15(14-8-4-5-9-17(14)25-16)10-11-18(23)22-20(19(21)24)12-6-3-7-13-20/h4-5,8-11H,2-3,6-7,12-13H2,1H3,(H2,21,24)(H,22,23)/b11-10+. The first-order valence-corrected chi connectivity index (χ1v) is 8.86. The Morgan fingerprint density at radius 2 is 1.96 bits per heavy atom. The van der Waals surface area contributed by atoms with Crippen LogP contribution < -0.4 is 11.1 Å². The Labute approximate surface area is 147 Å². The number of fused-ring (bicyclic) bond motifs is 1. The van der Waals surface area contributed by atoms with Crippen LogP contribution in [-0.4, -0.2) is 17.4 Å². The van der Waals surface area contributed by atoms with Crippen LogP contribution in [0.5, 0.6) is 0 Å². The number of carbonyl (C=O) groups is 2. The number of furan rings is 1. The summed E-state index contributed by atoms with van der Waals surface area (Å²) < 4.78 is 5.83. The van der Waals surface area contributed by atoms with Gasteiger partial charge >= 0.3 is 0 Å². The second kappa shape index (κ2) is 7.13. The quantitative estimate of drug-likeness (QED) is 0.819. The van der Waals surface area contributed by atoms with Crippen molar-refractivity contribution in [3.63, 3.8) is 0 Å². The summed E-state index contributed by atoms with van der Waals surface area (Å²) in [6, 6.07) is 7.75. The fourth-order valence-electron chi connectivity index (χ4n) is 3.59. The molecule has 0 unspecified atom stereocenters. The average Bonchev–Trinajstić information content (AvgIpc) is 2.98. The summed E-state index contributed by atoms with van der Waals surface area (Å²) in [6.45, 7) is 2.01. The molecule has 5 nitrogen and oxygen atoms in total. The van der Waals surface area contributed by atoms with Crippen LogP contribution in [0.2, 0.25) is 0 Å². The van der Waals surface area contributed by atoms with Gasteiger partial charge in [-0.15, -0.1) is 0 Å². The van der Waals surface area contributed by atoms with Crippen LogP contribution in [0.1, 0.15) is 50.4 Å². The molecule has 0 spiro atoms. The minimum Gasteiger partial charge on any atom is -0.460 e. The molecule has 132 valence electrons. The van der Waals surface area contributed by atoms with E-state index in [1.807, 2.05) is 31.2 Å². The largest absolute Gasteiger partial charge is 0.460 e. The number of benzene rings is 1. The predicted octanol–water partition coefficient (Wildman–Crippen LogP) is 3.31. The van der Waals surface area contributed by atoms with Crippen LogP contribution in [0.3, 0.4) is 0 Å². The Hall–Kier alpha value is -2.56. The predicted molar refractivity (Wildman–Crippen MR) is 97.8 cm³/mol. The molecule has 1 aliphatic rings. The topological polar surface area (TPSA) is 85.3 Å². The maximum absolute atomic E-state index is 12.4. The van der Waals surface area contributed by atoms with Gasteiger partial charge in [-0.2, -0.15) is 0 Å². The third-order valence-electron chi connectivity index (χ3n) is 4.97. The number of nitrogens with two attached hydrogens (primary N) is 1. The number of primary amides is 1. The first-order chi connectivity index (χ1) is 12.1. The first-order valence-electron chi connectivity index (χ1n) is 8.86. The zero-order valence-electron chi connectivity index (χ0n) is 14.5. The molecule has 25 heavy (non-hydrogen) atoms. The molecule has 2 aromatic rings. The summed E-state index contributed by atoms with van der Waals surface area (Å²) >= 11 is 0. The van der Waals surface area contributed by atoms with E-state index in [2.05, 4.69) is 5.32 Å². The second-order valence-corrected chi connectivity index (χ2v) is 6.62. The Morgan fingerprint density at radius 1 is 1.24 bits per heavy atom. The van der Waals surface area contributed by atoms with E-state index in [0.29, 0.717) is 12.8 Å². The van der Waals surface area contributed by atoms with Crippen molar-refractivity contribution in [3.05, 3.63) is 41.7 Å². The smallest absolute Gasteiger partial charge is 0.244 e. The molecule has 1 aliphatic carbocycles. The highest BCUT2D eigenvalue weighted by molar-refractivity contribution is 5.99. The highest BCUT2D eigenvalue weighted by Crippen LogP contribution is 2.29. The van der Waals surface area contributed by atoms with E-state index in [-0.39, 0.29) is 5.91 Å². The van der Waals surface area contributed by atoms with Crippen LogP contribution in [0, 0.1) is 0 Å². The molecule has 0 radical (unpaired) electrons. The average molecular weight is 340 g/mol. The van der Waals surface area contributed by atoms with Crippen molar-refractivity contribution < 1.29 is 14.0 Å². The molecule has 5 heteroatoms. The molecule has 3 N–H and O–H groups in total. The van der Waals surface area contributed by atoms with E-state index < -0.39 is 11.4 Å². The lowest BCUT2D eigenvalue weighted by atomic mass is 9.81. The van der Waals surface area contributed by atoms with Gasteiger partial charge in [-0.05, 0) is 25.0 Å². The molecule has 0 atom stereocenters. The molecule has 0 aliphatic heterocycles. The van der Waals surface area contributed by atoms with Crippen molar-refractivity contribution in [1.29, 1.82) is 0 Å². The summed E-state index contributed by atoms with van der Waals surface area (Å²) in [5, 5.41) is 3.83. The number of aryl methyl sites for hydroxylation is 1. The minimum atomic E-state index is -0.911. The number of rotatable bonds is 5. The Balaban J connectivity index is 1.82. The zero-order valence-corrected chi connectivity index (χ0v) is 14.5. The van der Waals surface area contributed by atoms with Crippen LogP contribution in [0.15, 0.2) is 34.8 Å². The lowest BCUT2D eigenvalue weighted by molar-refractivity contribution is -0.130. The molecular formula is C20H24N2O3. The van der Waals surface area contributed by atoms with E-state index in [1.54, 1.807) is 6.08 Å². The number of hydrogen-bond acceptors (Lipinski definition) is 3. The second-order valence-electron chi connectivity index (χ2n) is 6.62. The summed E-state index contributed by atoms with van der Waals surface area (Å²) in [5.74, 6) is 0.0949. The van der Waals surface area contributed by atoms with Crippen LogP contribution in [0.25, 0.3) is 17.0 Å². The van der Waals surface area contributed by atoms with Gasteiger partial charge in [0.2, 0.25) is 11.8 Å². The molecule has 1 heterocycles. The Morgan fingerprint density at radius 3 is 2.64 bits per heavy atom. The summed E-state index contributed by atoms with van der Waals surface area (Å²) in [5.41, 5.74) is 6.37. The van der Waals surface area contributed by atoms with E-state index in [4.69, 9.17) is 10.2 Å². The molecule has 1 aromatic carbocycles. The summed E-state index contributed by atoms with van der Waals surface area (Å²) in [6.07, 6.45) is 8.06. The maximum Gasteiger partial charge on any atom is 0.244 e. The fraction of sp³-hybridized carbons (Fsp3) is 0.400. The van der Waals surface area contributed by atoms with E-state index in [0.717, 1.165) is 48.0 Å². The van der Waals surface area contributed by atoms with E-state index in [9.17, 15) is 9.59 Å². The van der Waals surface area contributed by atoms with Gasteiger partial charge in [-0.25, -0.2) is 0 Å². The van der Waals surface area contributed by atoms with Gasteiger partial charge in [0.1, 0.15) is 16.9 Å². The molecule has 1 fully saturated rings. The summed E-state index contributed by atoms with van der Waals surface area (Å²) in [7, 11) is 0. The Bertz CT molecular complexity index is 813. The van der Waals surface area contributed by atoms with Gasteiger partial charge in [-0.3, -0.25) is 9.59 Å². The molecule has 3 rings (SSSR count). The molecule has 0 saturated heterocycles. The number of amides is 2. The van der Waals surface area contributed by atoms with Crippen LogP contribution in [0.4, 0.5) is 0 Å². The molecule has 1 saturated carbocycles. The third kappa shape index (κ3) is 3.45. The first kappa shape index (κ1) is 17.3. The molecular weight excluding hydrogens is 316 g/mol. The minimum absolute atomic E-state index is 0.298. The van der Waals surface area contributed by atoms with Crippen molar-refractivity contribution in [2.75, 3.05) is 0 Å². The third-order valence-corrected chi connectivity index (χ3v) is 4.97. The fourth-order valence-corrected chi connectivity index (χ4v) is 3.59. The number of carbonyl (C=O) groups excluding carboxylic acids is 2. The van der Waals surface area contributed by atoms with Crippen LogP contribution in [-0.2, 0) is 16.0 Å². The van der Waals surface area contributed by atoms with Crippen LogP contribution >= 0.6 is 0 Å². The molecule has 1 aromatic heterocycles. The van der Waals surface area contributed by atoms with Crippen molar-refractivity contribution >= 4 is 28.9 Å². The van der Waals surface area contributed by atoms with Crippen molar-refractivity contribution in [1.82, 2.24) is 5.32 Å². The highest BCUT2D eigenvalue weighted by Gasteiger charge is 2.38. The van der Waals surface area contributed by atoms with E-state index >= 15 is 0 Å². The van der Waals surface area contributed by atoms with Gasteiger partial charge in [0.15, 0.2) is 0 Å². The Kier molecular flexibility index (Phi) is 4.93. The van der Waals surface area contributed by atoms with Crippen molar-refractivity contribution in [2.45, 2.75) is 51.0 Å². The van der Waals surface area contributed by atoms with E-state index in [1.165, 1.54) is 6.08 Å². The lowest BCUT2D eigenvalue weighted by Gasteiger charge is -2.34. The van der Waals surface area contributed by atoms with Crippen molar-refractivity contribution in [3.8, 4) is 0 Å².